The molecule has 0 aliphatic heterocycles. The first-order valence-electron chi connectivity index (χ1n) is 6.23. The summed E-state index contributed by atoms with van der Waals surface area (Å²) in [5.41, 5.74) is 1.41. The molecule has 0 radical (unpaired) electrons. The Balaban J connectivity index is 2.90. The number of fused-ring (bicyclic) bond motifs is 1. The third kappa shape index (κ3) is 2.71. The van der Waals surface area contributed by atoms with Crippen molar-refractivity contribution in [3.8, 4) is 0 Å². The molecule has 0 amide bonds. The Bertz CT molecular complexity index is 630. The fraction of sp³-hybridized carbons (Fsp3) is 0.400. The average molecular weight is 298 g/mol. The highest BCUT2D eigenvalue weighted by atomic mass is 35.5. The van der Waals surface area contributed by atoms with Crippen molar-refractivity contribution in [2.24, 2.45) is 0 Å². The number of aromatic nitrogens is 1. The largest absolute Gasteiger partial charge is 0.386 e. The fourth-order valence-electron chi connectivity index (χ4n) is 2.06. The summed E-state index contributed by atoms with van der Waals surface area (Å²) in [5, 5.41) is 12.1. The SMILES string of the molecule is CC(C)c1cc(C(C)(C)O)c2ccc(Cl)c(Cl)c2n1. The van der Waals surface area contributed by atoms with Crippen LogP contribution in [0.15, 0.2) is 18.2 Å². The van der Waals surface area contributed by atoms with Crippen LogP contribution in [0.2, 0.25) is 10.0 Å². The highest BCUT2D eigenvalue weighted by molar-refractivity contribution is 6.45. The molecule has 2 aromatic rings. The maximum absolute atomic E-state index is 10.3. The molecule has 0 saturated heterocycles. The van der Waals surface area contributed by atoms with Crippen LogP contribution in [0.4, 0.5) is 0 Å². The lowest BCUT2D eigenvalue weighted by atomic mass is 9.92. The molecule has 0 aliphatic carbocycles. The van der Waals surface area contributed by atoms with Gasteiger partial charge in [0.05, 0.1) is 21.2 Å². The number of aliphatic hydroxyl groups is 1. The van der Waals surface area contributed by atoms with E-state index in [1.807, 2.05) is 12.1 Å². The Morgan fingerprint density at radius 2 is 1.84 bits per heavy atom. The summed E-state index contributed by atoms with van der Waals surface area (Å²) < 4.78 is 0. The molecule has 0 atom stereocenters. The molecule has 0 fully saturated rings. The van der Waals surface area contributed by atoms with Gasteiger partial charge in [0.2, 0.25) is 0 Å². The van der Waals surface area contributed by atoms with Gasteiger partial charge in [-0.3, -0.25) is 4.98 Å². The van der Waals surface area contributed by atoms with Gasteiger partial charge in [-0.25, -0.2) is 0 Å². The Kier molecular flexibility index (Phi) is 3.78. The number of hydrogen-bond donors (Lipinski definition) is 1. The first-order chi connectivity index (χ1) is 8.71. The van der Waals surface area contributed by atoms with E-state index in [0.29, 0.717) is 15.6 Å². The zero-order valence-electron chi connectivity index (χ0n) is 11.5. The molecule has 0 bridgehead atoms. The van der Waals surface area contributed by atoms with Crippen molar-refractivity contribution in [3.63, 3.8) is 0 Å². The van der Waals surface area contributed by atoms with Crippen molar-refractivity contribution in [2.75, 3.05) is 0 Å². The highest BCUT2D eigenvalue weighted by Gasteiger charge is 2.22. The normalized spacial score (nSPS) is 12.4. The molecule has 19 heavy (non-hydrogen) atoms. The lowest BCUT2D eigenvalue weighted by Gasteiger charge is -2.22. The minimum atomic E-state index is -0.956. The van der Waals surface area contributed by atoms with Crippen molar-refractivity contribution >= 4 is 34.1 Å². The molecule has 0 unspecified atom stereocenters. The van der Waals surface area contributed by atoms with E-state index in [9.17, 15) is 5.11 Å². The van der Waals surface area contributed by atoms with Gasteiger partial charge in [0.25, 0.3) is 0 Å². The van der Waals surface area contributed by atoms with Crippen LogP contribution in [0.1, 0.15) is 44.9 Å². The molecule has 4 heteroatoms. The van der Waals surface area contributed by atoms with Crippen LogP contribution in [0, 0.1) is 0 Å². The molecular weight excluding hydrogens is 281 g/mol. The summed E-state index contributed by atoms with van der Waals surface area (Å²) in [6.07, 6.45) is 0. The molecule has 2 rings (SSSR count). The predicted molar refractivity (Wildman–Crippen MR) is 81.1 cm³/mol. The predicted octanol–water partition coefficient (Wildman–Crippen LogP) is 4.89. The third-order valence-corrected chi connectivity index (χ3v) is 3.94. The summed E-state index contributed by atoms with van der Waals surface area (Å²) in [4.78, 5) is 4.58. The van der Waals surface area contributed by atoms with E-state index in [-0.39, 0.29) is 5.92 Å². The first kappa shape index (κ1) is 14.6. The van der Waals surface area contributed by atoms with E-state index in [1.165, 1.54) is 0 Å². The van der Waals surface area contributed by atoms with Crippen LogP contribution < -0.4 is 0 Å². The summed E-state index contributed by atoms with van der Waals surface area (Å²) in [7, 11) is 0. The summed E-state index contributed by atoms with van der Waals surface area (Å²) in [5.74, 6) is 0.251. The molecule has 102 valence electrons. The van der Waals surface area contributed by atoms with Crippen molar-refractivity contribution in [1.29, 1.82) is 0 Å². The van der Waals surface area contributed by atoms with Crippen molar-refractivity contribution in [1.82, 2.24) is 4.98 Å². The molecule has 0 saturated carbocycles. The minimum Gasteiger partial charge on any atom is -0.386 e. The van der Waals surface area contributed by atoms with Gasteiger partial charge in [0, 0.05) is 11.1 Å². The zero-order valence-corrected chi connectivity index (χ0v) is 13.0. The zero-order chi connectivity index (χ0) is 14.4. The van der Waals surface area contributed by atoms with Gasteiger partial charge in [0.15, 0.2) is 0 Å². The molecular formula is C15H17Cl2NO. The lowest BCUT2D eigenvalue weighted by molar-refractivity contribution is 0.0800. The van der Waals surface area contributed by atoms with Crippen molar-refractivity contribution in [2.45, 2.75) is 39.2 Å². The quantitative estimate of drug-likeness (QED) is 0.856. The molecule has 0 aliphatic rings. The third-order valence-electron chi connectivity index (χ3n) is 3.14. The number of hydrogen-bond acceptors (Lipinski definition) is 2. The Labute approximate surface area is 123 Å². The van der Waals surface area contributed by atoms with Crippen LogP contribution in [-0.2, 0) is 5.60 Å². The number of pyridine rings is 1. The van der Waals surface area contributed by atoms with E-state index in [1.54, 1.807) is 19.9 Å². The van der Waals surface area contributed by atoms with Crippen molar-refractivity contribution < 1.29 is 5.11 Å². The number of halogens is 2. The number of benzene rings is 1. The van der Waals surface area contributed by atoms with Crippen LogP contribution in [0.3, 0.4) is 0 Å². The van der Waals surface area contributed by atoms with E-state index < -0.39 is 5.60 Å². The molecule has 1 heterocycles. The second kappa shape index (κ2) is 4.93. The topological polar surface area (TPSA) is 33.1 Å². The van der Waals surface area contributed by atoms with E-state index in [0.717, 1.165) is 16.6 Å². The van der Waals surface area contributed by atoms with Gasteiger partial charge < -0.3 is 5.11 Å². The van der Waals surface area contributed by atoms with Gasteiger partial charge in [-0.2, -0.15) is 0 Å². The fourth-order valence-corrected chi connectivity index (χ4v) is 2.42. The Hall–Kier alpha value is -0.830. The maximum Gasteiger partial charge on any atom is 0.0910 e. The van der Waals surface area contributed by atoms with Crippen LogP contribution in [0.5, 0.6) is 0 Å². The maximum atomic E-state index is 10.3. The van der Waals surface area contributed by atoms with Gasteiger partial charge in [0.1, 0.15) is 0 Å². The Morgan fingerprint density at radius 3 is 2.37 bits per heavy atom. The summed E-state index contributed by atoms with van der Waals surface area (Å²) in [6, 6.07) is 5.53. The smallest absolute Gasteiger partial charge is 0.0910 e. The molecule has 1 aromatic heterocycles. The number of nitrogens with zero attached hydrogens (tertiary/aromatic N) is 1. The molecule has 1 N–H and O–H groups in total. The monoisotopic (exact) mass is 297 g/mol. The second-order valence-electron chi connectivity index (χ2n) is 5.57. The Morgan fingerprint density at radius 1 is 1.21 bits per heavy atom. The van der Waals surface area contributed by atoms with Crippen LogP contribution in [-0.4, -0.2) is 10.1 Å². The van der Waals surface area contributed by atoms with Gasteiger partial charge in [-0.05, 0) is 37.5 Å². The standard InChI is InChI=1S/C15H17Cl2NO/c1-8(2)12-7-10(15(3,4)19)9-5-6-11(16)13(17)14(9)18-12/h5-8,19H,1-4H3. The summed E-state index contributed by atoms with van der Waals surface area (Å²) in [6.45, 7) is 7.63. The molecule has 1 aromatic carbocycles. The van der Waals surface area contributed by atoms with E-state index in [2.05, 4.69) is 18.8 Å². The first-order valence-corrected chi connectivity index (χ1v) is 6.99. The number of rotatable bonds is 2. The molecule has 0 spiro atoms. The van der Waals surface area contributed by atoms with Gasteiger partial charge in [-0.15, -0.1) is 0 Å². The average Bonchev–Trinajstić information content (AvgIpc) is 2.31. The molecule has 2 nitrogen and oxygen atoms in total. The lowest BCUT2D eigenvalue weighted by Crippen LogP contribution is -2.17. The second-order valence-corrected chi connectivity index (χ2v) is 6.35. The van der Waals surface area contributed by atoms with Gasteiger partial charge in [-0.1, -0.05) is 43.1 Å². The van der Waals surface area contributed by atoms with Crippen LogP contribution in [0.25, 0.3) is 10.9 Å². The van der Waals surface area contributed by atoms with E-state index >= 15 is 0 Å². The van der Waals surface area contributed by atoms with Crippen molar-refractivity contribution in [3.05, 3.63) is 39.5 Å². The van der Waals surface area contributed by atoms with E-state index in [4.69, 9.17) is 23.2 Å². The highest BCUT2D eigenvalue weighted by Crippen LogP contribution is 2.36. The van der Waals surface area contributed by atoms with Gasteiger partial charge >= 0.3 is 0 Å². The summed E-state index contributed by atoms with van der Waals surface area (Å²) >= 11 is 12.3. The minimum absolute atomic E-state index is 0.251. The van der Waals surface area contributed by atoms with Crippen LogP contribution >= 0.6 is 23.2 Å².